The van der Waals surface area contributed by atoms with Gasteiger partial charge in [-0.15, -0.1) is 0 Å². The zero-order valence-corrected chi connectivity index (χ0v) is 12.2. The fourth-order valence-corrected chi connectivity index (χ4v) is 2.79. The van der Waals surface area contributed by atoms with Gasteiger partial charge in [-0.05, 0) is 63.4 Å². The number of benzene rings is 1. The lowest BCUT2D eigenvalue weighted by molar-refractivity contribution is 0.200. The summed E-state index contributed by atoms with van der Waals surface area (Å²) in [5.74, 6) is 0.965. The van der Waals surface area contributed by atoms with Crippen LogP contribution in [0.3, 0.4) is 0 Å². The third kappa shape index (κ3) is 2.74. The predicted octanol–water partition coefficient (Wildman–Crippen LogP) is 3.02. The van der Waals surface area contributed by atoms with E-state index in [1.807, 2.05) is 7.05 Å². The first-order valence-electron chi connectivity index (χ1n) is 6.84. The molecule has 0 heterocycles. The molecule has 0 amide bonds. The van der Waals surface area contributed by atoms with Gasteiger partial charge < -0.3 is 10.1 Å². The lowest BCUT2D eigenvalue weighted by Crippen LogP contribution is -2.39. The summed E-state index contributed by atoms with van der Waals surface area (Å²) in [6.07, 6.45) is 2.67. The second kappa shape index (κ2) is 5.22. The van der Waals surface area contributed by atoms with E-state index < -0.39 is 5.54 Å². The molecule has 0 saturated heterocycles. The number of nitrogens with zero attached hydrogens (tertiary/aromatic N) is 1. The van der Waals surface area contributed by atoms with E-state index >= 15 is 0 Å². The van der Waals surface area contributed by atoms with Crippen molar-refractivity contribution in [3.63, 3.8) is 0 Å². The molecule has 0 spiro atoms. The van der Waals surface area contributed by atoms with Gasteiger partial charge in [0.2, 0.25) is 0 Å². The van der Waals surface area contributed by atoms with Crippen molar-refractivity contribution >= 4 is 0 Å². The number of ether oxygens (including phenoxy) is 1. The van der Waals surface area contributed by atoms with Gasteiger partial charge in [0, 0.05) is 6.42 Å². The van der Waals surface area contributed by atoms with Gasteiger partial charge in [-0.3, -0.25) is 0 Å². The van der Waals surface area contributed by atoms with Crippen LogP contribution in [0.1, 0.15) is 36.0 Å². The molecule has 2 rings (SSSR count). The van der Waals surface area contributed by atoms with Crippen LogP contribution in [-0.2, 0) is 0 Å². The van der Waals surface area contributed by atoms with Gasteiger partial charge in [-0.2, -0.15) is 5.26 Å². The maximum atomic E-state index is 9.28. The van der Waals surface area contributed by atoms with Crippen LogP contribution in [0.4, 0.5) is 0 Å². The van der Waals surface area contributed by atoms with Crippen molar-refractivity contribution in [3.8, 4) is 11.8 Å². The lowest BCUT2D eigenvalue weighted by Gasteiger charge is -2.21. The van der Waals surface area contributed by atoms with E-state index in [4.69, 9.17) is 4.74 Å². The molecular formula is C16H22N2O. The summed E-state index contributed by atoms with van der Waals surface area (Å²) in [6.45, 7) is 6.28. The van der Waals surface area contributed by atoms with Crippen LogP contribution < -0.4 is 10.1 Å². The minimum atomic E-state index is -0.405. The second-order valence-corrected chi connectivity index (χ2v) is 5.63. The average Bonchev–Trinajstić information content (AvgIpc) is 2.79. The van der Waals surface area contributed by atoms with E-state index in [9.17, 15) is 5.26 Å². The van der Waals surface area contributed by atoms with Gasteiger partial charge >= 0.3 is 0 Å². The number of aryl methyl sites for hydroxylation is 2. The van der Waals surface area contributed by atoms with Crippen LogP contribution in [0.25, 0.3) is 0 Å². The third-order valence-electron chi connectivity index (χ3n) is 4.22. The van der Waals surface area contributed by atoms with E-state index in [1.165, 1.54) is 16.7 Å². The fourth-order valence-electron chi connectivity index (χ4n) is 2.79. The van der Waals surface area contributed by atoms with Crippen molar-refractivity contribution in [1.82, 2.24) is 5.32 Å². The highest BCUT2D eigenvalue weighted by atomic mass is 16.5. The lowest BCUT2D eigenvalue weighted by atomic mass is 10.0. The highest BCUT2D eigenvalue weighted by Crippen LogP contribution is 2.34. The number of nitrogens with one attached hydrogen (secondary N) is 1. The van der Waals surface area contributed by atoms with Crippen LogP contribution in [0.5, 0.6) is 5.75 Å². The van der Waals surface area contributed by atoms with Crippen molar-refractivity contribution in [2.75, 3.05) is 7.05 Å². The second-order valence-electron chi connectivity index (χ2n) is 5.63. The highest BCUT2D eigenvalue weighted by Gasteiger charge is 2.39. The Morgan fingerprint density at radius 2 is 2.11 bits per heavy atom. The smallest absolute Gasteiger partial charge is 0.123 e. The monoisotopic (exact) mass is 258 g/mol. The van der Waals surface area contributed by atoms with Crippen LogP contribution in [0, 0.1) is 32.1 Å². The van der Waals surface area contributed by atoms with E-state index in [2.05, 4.69) is 44.3 Å². The zero-order valence-electron chi connectivity index (χ0n) is 12.2. The summed E-state index contributed by atoms with van der Waals surface area (Å²) in [5.41, 5.74) is 3.27. The van der Waals surface area contributed by atoms with Gasteiger partial charge in [-0.1, -0.05) is 6.07 Å². The number of hydrogen-bond donors (Lipinski definition) is 1. The Balaban J connectivity index is 2.14. The molecule has 1 aromatic carbocycles. The van der Waals surface area contributed by atoms with Crippen LogP contribution in [0.2, 0.25) is 0 Å². The Kier molecular flexibility index (Phi) is 3.82. The summed E-state index contributed by atoms with van der Waals surface area (Å²) in [7, 11) is 1.85. The zero-order chi connectivity index (χ0) is 14.0. The quantitative estimate of drug-likeness (QED) is 0.906. The summed E-state index contributed by atoms with van der Waals surface area (Å²) >= 11 is 0. The number of rotatable bonds is 3. The molecule has 1 N–H and O–H groups in total. The number of hydrogen-bond acceptors (Lipinski definition) is 3. The molecule has 1 aliphatic rings. The molecule has 0 bridgehead atoms. The van der Waals surface area contributed by atoms with Crippen LogP contribution in [-0.4, -0.2) is 18.7 Å². The van der Waals surface area contributed by atoms with Crippen molar-refractivity contribution in [1.29, 1.82) is 5.26 Å². The van der Waals surface area contributed by atoms with Crippen molar-refractivity contribution in [2.45, 2.75) is 51.7 Å². The van der Waals surface area contributed by atoms with E-state index in [0.29, 0.717) is 0 Å². The maximum absolute atomic E-state index is 9.28. The van der Waals surface area contributed by atoms with Crippen molar-refractivity contribution in [2.24, 2.45) is 0 Å². The highest BCUT2D eigenvalue weighted by molar-refractivity contribution is 5.42. The summed E-state index contributed by atoms with van der Waals surface area (Å²) in [6, 6.07) is 6.65. The molecule has 1 aliphatic carbocycles. The Morgan fingerprint density at radius 3 is 2.68 bits per heavy atom. The first kappa shape index (κ1) is 13.9. The predicted molar refractivity (Wildman–Crippen MR) is 76.3 cm³/mol. The average molecular weight is 258 g/mol. The maximum Gasteiger partial charge on any atom is 0.123 e. The normalized spacial score (nSPS) is 26.2. The first-order chi connectivity index (χ1) is 8.99. The van der Waals surface area contributed by atoms with E-state index in [1.54, 1.807) is 0 Å². The van der Waals surface area contributed by atoms with Gasteiger partial charge in [0.25, 0.3) is 0 Å². The Morgan fingerprint density at radius 1 is 1.37 bits per heavy atom. The van der Waals surface area contributed by atoms with E-state index in [-0.39, 0.29) is 6.10 Å². The minimum absolute atomic E-state index is 0.131. The van der Waals surface area contributed by atoms with Gasteiger partial charge in [-0.25, -0.2) is 0 Å². The van der Waals surface area contributed by atoms with Crippen LogP contribution in [0.15, 0.2) is 12.1 Å². The van der Waals surface area contributed by atoms with Crippen LogP contribution >= 0.6 is 0 Å². The molecule has 1 fully saturated rings. The van der Waals surface area contributed by atoms with Gasteiger partial charge in [0.05, 0.1) is 6.07 Å². The fraction of sp³-hybridized carbons (Fsp3) is 0.562. The Hall–Kier alpha value is -1.53. The summed E-state index contributed by atoms with van der Waals surface area (Å²) in [4.78, 5) is 0. The Bertz CT molecular complexity index is 518. The summed E-state index contributed by atoms with van der Waals surface area (Å²) in [5, 5.41) is 12.4. The molecule has 3 nitrogen and oxygen atoms in total. The van der Waals surface area contributed by atoms with E-state index in [0.717, 1.165) is 25.0 Å². The van der Waals surface area contributed by atoms with Gasteiger partial charge in [0.15, 0.2) is 0 Å². The minimum Gasteiger partial charge on any atom is -0.490 e. The third-order valence-corrected chi connectivity index (χ3v) is 4.22. The van der Waals surface area contributed by atoms with Gasteiger partial charge in [0.1, 0.15) is 17.4 Å². The van der Waals surface area contributed by atoms with Crippen molar-refractivity contribution in [3.05, 3.63) is 28.8 Å². The molecule has 1 saturated carbocycles. The standard InChI is InChI=1S/C16H22N2O/c1-11-7-12(2)13(3)15(8-11)19-14-5-6-16(9-14,10-17)18-4/h7-8,14,18H,5-6,9H2,1-4H3. The SMILES string of the molecule is CNC1(C#N)CCC(Oc2cc(C)cc(C)c2C)C1. The molecule has 2 unspecified atom stereocenters. The molecule has 0 aromatic heterocycles. The molecule has 0 radical (unpaired) electrons. The summed E-state index contributed by atoms with van der Waals surface area (Å²) < 4.78 is 6.14. The number of nitriles is 1. The molecule has 0 aliphatic heterocycles. The molecule has 1 aromatic rings. The molecular weight excluding hydrogens is 236 g/mol. The first-order valence-corrected chi connectivity index (χ1v) is 6.84. The Labute approximate surface area is 115 Å². The largest absolute Gasteiger partial charge is 0.490 e. The molecule has 19 heavy (non-hydrogen) atoms. The molecule has 3 heteroatoms. The molecule has 2 atom stereocenters. The molecule has 102 valence electrons. The van der Waals surface area contributed by atoms with Crippen molar-refractivity contribution < 1.29 is 4.74 Å². The topological polar surface area (TPSA) is 45.0 Å².